The molecule has 1 fully saturated rings. The van der Waals surface area contributed by atoms with E-state index in [2.05, 4.69) is 5.10 Å². The van der Waals surface area contributed by atoms with Gasteiger partial charge >= 0.3 is 0 Å². The van der Waals surface area contributed by atoms with E-state index < -0.39 is 11.9 Å². The highest BCUT2D eigenvalue weighted by Crippen LogP contribution is 2.19. The van der Waals surface area contributed by atoms with Crippen LogP contribution in [0.5, 0.6) is 0 Å². The number of carbonyl (C=O) groups excluding carboxylic acids is 2. The normalized spacial score (nSPS) is 20.3. The molecule has 6 nitrogen and oxygen atoms in total. The van der Waals surface area contributed by atoms with E-state index >= 15 is 0 Å². The van der Waals surface area contributed by atoms with Crippen molar-refractivity contribution in [3.63, 3.8) is 0 Å². The third kappa shape index (κ3) is 2.30. The molecule has 0 saturated carbocycles. The van der Waals surface area contributed by atoms with Gasteiger partial charge in [-0.05, 0) is 19.3 Å². The molecule has 92 valence electrons. The molecule has 0 aliphatic carbocycles. The molecule has 1 aliphatic rings. The summed E-state index contributed by atoms with van der Waals surface area (Å²) in [6.07, 6.45) is 5.66. The van der Waals surface area contributed by atoms with Crippen molar-refractivity contribution >= 4 is 11.8 Å². The van der Waals surface area contributed by atoms with Crippen LogP contribution in [-0.2, 0) is 11.8 Å². The summed E-state index contributed by atoms with van der Waals surface area (Å²) >= 11 is 0. The van der Waals surface area contributed by atoms with Crippen molar-refractivity contribution in [1.82, 2.24) is 14.7 Å². The summed E-state index contributed by atoms with van der Waals surface area (Å²) in [5.41, 5.74) is 5.83. The van der Waals surface area contributed by atoms with Crippen molar-refractivity contribution in [3.8, 4) is 0 Å². The van der Waals surface area contributed by atoms with E-state index in [-0.39, 0.29) is 5.91 Å². The Morgan fingerprint density at radius 1 is 1.47 bits per heavy atom. The smallest absolute Gasteiger partial charge is 0.257 e. The highest BCUT2D eigenvalue weighted by Gasteiger charge is 2.31. The third-order valence-corrected chi connectivity index (χ3v) is 3.04. The zero-order valence-electron chi connectivity index (χ0n) is 9.80. The number of primary amides is 1. The topological polar surface area (TPSA) is 81.2 Å². The Bertz CT molecular complexity index is 440. The lowest BCUT2D eigenvalue weighted by molar-refractivity contribution is -0.123. The summed E-state index contributed by atoms with van der Waals surface area (Å²) in [6.45, 7) is 0.585. The molecule has 1 saturated heterocycles. The van der Waals surface area contributed by atoms with Gasteiger partial charge in [0.05, 0.1) is 11.8 Å². The Kier molecular flexibility index (Phi) is 3.12. The lowest BCUT2D eigenvalue weighted by Gasteiger charge is -2.33. The van der Waals surface area contributed by atoms with Crippen LogP contribution in [0.4, 0.5) is 0 Å². The quantitative estimate of drug-likeness (QED) is 0.778. The fourth-order valence-corrected chi connectivity index (χ4v) is 2.17. The predicted octanol–water partition coefficient (Wildman–Crippen LogP) is -0.0999. The first kappa shape index (κ1) is 11.6. The van der Waals surface area contributed by atoms with Gasteiger partial charge in [-0.25, -0.2) is 0 Å². The van der Waals surface area contributed by atoms with Gasteiger partial charge < -0.3 is 10.6 Å². The molecular weight excluding hydrogens is 220 g/mol. The van der Waals surface area contributed by atoms with Crippen LogP contribution in [0.1, 0.15) is 29.6 Å². The summed E-state index contributed by atoms with van der Waals surface area (Å²) in [7, 11) is 1.75. The molecule has 17 heavy (non-hydrogen) atoms. The molecule has 0 spiro atoms. The second kappa shape index (κ2) is 4.57. The molecule has 1 aromatic rings. The number of nitrogens with zero attached hydrogens (tertiary/aromatic N) is 3. The lowest BCUT2D eigenvalue weighted by atomic mass is 10.0. The van der Waals surface area contributed by atoms with Crippen molar-refractivity contribution in [1.29, 1.82) is 0 Å². The van der Waals surface area contributed by atoms with Gasteiger partial charge in [0.2, 0.25) is 5.91 Å². The number of rotatable bonds is 2. The zero-order valence-corrected chi connectivity index (χ0v) is 9.80. The van der Waals surface area contributed by atoms with Crippen LogP contribution in [0.15, 0.2) is 12.4 Å². The lowest BCUT2D eigenvalue weighted by Crippen LogP contribution is -2.50. The van der Waals surface area contributed by atoms with Gasteiger partial charge in [-0.2, -0.15) is 5.10 Å². The Hall–Kier alpha value is -1.85. The van der Waals surface area contributed by atoms with Crippen LogP contribution >= 0.6 is 0 Å². The molecule has 2 N–H and O–H groups in total. The molecule has 2 amide bonds. The molecule has 0 bridgehead atoms. The molecular formula is C11H16N4O2. The first-order chi connectivity index (χ1) is 8.09. The van der Waals surface area contributed by atoms with Gasteiger partial charge in [0.25, 0.3) is 5.91 Å². The van der Waals surface area contributed by atoms with E-state index in [0.717, 1.165) is 12.8 Å². The largest absolute Gasteiger partial charge is 0.368 e. The Balaban J connectivity index is 2.19. The summed E-state index contributed by atoms with van der Waals surface area (Å²) in [5, 5.41) is 3.96. The fraction of sp³-hybridized carbons (Fsp3) is 0.545. The van der Waals surface area contributed by atoms with E-state index in [1.807, 2.05) is 0 Å². The van der Waals surface area contributed by atoms with Gasteiger partial charge in [-0.1, -0.05) is 0 Å². The second-order valence-corrected chi connectivity index (χ2v) is 4.32. The van der Waals surface area contributed by atoms with Crippen molar-refractivity contribution < 1.29 is 9.59 Å². The average molecular weight is 236 g/mol. The number of hydrogen-bond acceptors (Lipinski definition) is 3. The maximum atomic E-state index is 12.2. The Morgan fingerprint density at radius 2 is 2.24 bits per heavy atom. The average Bonchev–Trinajstić information content (AvgIpc) is 2.75. The van der Waals surface area contributed by atoms with Crippen molar-refractivity contribution in [3.05, 3.63) is 18.0 Å². The molecule has 2 heterocycles. The first-order valence-electron chi connectivity index (χ1n) is 5.68. The van der Waals surface area contributed by atoms with Gasteiger partial charge in [-0.15, -0.1) is 0 Å². The number of likely N-dealkylation sites (tertiary alicyclic amines) is 1. The standard InChI is InChI=1S/C11H16N4O2/c1-14-7-8(6-13-14)11(17)15-5-3-2-4-9(15)10(12)16/h6-7,9H,2-5H2,1H3,(H2,12,16). The number of amides is 2. The van der Waals surface area contributed by atoms with E-state index in [1.165, 1.54) is 6.20 Å². The highest BCUT2D eigenvalue weighted by atomic mass is 16.2. The molecule has 0 aromatic carbocycles. The van der Waals surface area contributed by atoms with E-state index in [4.69, 9.17) is 5.73 Å². The number of aromatic nitrogens is 2. The molecule has 1 aliphatic heterocycles. The van der Waals surface area contributed by atoms with Crippen molar-refractivity contribution in [2.45, 2.75) is 25.3 Å². The molecule has 6 heteroatoms. The minimum absolute atomic E-state index is 0.165. The minimum Gasteiger partial charge on any atom is -0.368 e. The van der Waals surface area contributed by atoms with Gasteiger partial charge in [0.15, 0.2) is 0 Å². The predicted molar refractivity (Wildman–Crippen MR) is 61.1 cm³/mol. The minimum atomic E-state index is -0.476. The number of aryl methyl sites for hydroxylation is 1. The van der Waals surface area contributed by atoms with Crippen molar-refractivity contribution in [2.75, 3.05) is 6.54 Å². The van der Waals surface area contributed by atoms with E-state index in [9.17, 15) is 9.59 Å². The van der Waals surface area contributed by atoms with Gasteiger partial charge in [0, 0.05) is 19.8 Å². The number of piperidine rings is 1. The number of carbonyl (C=O) groups is 2. The Labute approximate surface area is 99.4 Å². The van der Waals surface area contributed by atoms with Crippen LogP contribution in [0.3, 0.4) is 0 Å². The van der Waals surface area contributed by atoms with Crippen LogP contribution in [0, 0.1) is 0 Å². The molecule has 2 rings (SSSR count). The van der Waals surface area contributed by atoms with Crippen LogP contribution in [-0.4, -0.2) is 39.1 Å². The Morgan fingerprint density at radius 3 is 2.82 bits per heavy atom. The maximum Gasteiger partial charge on any atom is 0.257 e. The highest BCUT2D eigenvalue weighted by molar-refractivity contribution is 5.97. The van der Waals surface area contributed by atoms with Crippen LogP contribution < -0.4 is 5.73 Å². The first-order valence-corrected chi connectivity index (χ1v) is 5.68. The summed E-state index contributed by atoms with van der Waals surface area (Å²) in [5.74, 6) is -0.594. The molecule has 1 aromatic heterocycles. The zero-order chi connectivity index (χ0) is 12.4. The van der Waals surface area contributed by atoms with E-state index in [1.54, 1.807) is 22.8 Å². The van der Waals surface area contributed by atoms with Gasteiger partial charge in [-0.3, -0.25) is 14.3 Å². The summed E-state index contributed by atoms with van der Waals surface area (Å²) < 4.78 is 1.57. The SMILES string of the molecule is Cn1cc(C(=O)N2CCCCC2C(N)=O)cn1. The maximum absolute atomic E-state index is 12.2. The molecule has 1 unspecified atom stereocenters. The molecule has 1 atom stereocenters. The monoisotopic (exact) mass is 236 g/mol. The van der Waals surface area contributed by atoms with Crippen LogP contribution in [0.25, 0.3) is 0 Å². The molecule has 0 radical (unpaired) electrons. The second-order valence-electron chi connectivity index (χ2n) is 4.32. The van der Waals surface area contributed by atoms with Crippen molar-refractivity contribution in [2.24, 2.45) is 12.8 Å². The summed E-state index contributed by atoms with van der Waals surface area (Å²) in [4.78, 5) is 25.1. The number of nitrogens with two attached hydrogens (primary N) is 1. The van der Waals surface area contributed by atoms with Crippen LogP contribution in [0.2, 0.25) is 0 Å². The summed E-state index contributed by atoms with van der Waals surface area (Å²) in [6, 6.07) is -0.476. The third-order valence-electron chi connectivity index (χ3n) is 3.04. The van der Waals surface area contributed by atoms with E-state index in [0.29, 0.717) is 18.5 Å². The number of hydrogen-bond donors (Lipinski definition) is 1. The van der Waals surface area contributed by atoms with Gasteiger partial charge in [0.1, 0.15) is 6.04 Å². The fourth-order valence-electron chi connectivity index (χ4n) is 2.17.